The van der Waals surface area contributed by atoms with Gasteiger partial charge in [-0.2, -0.15) is 10.5 Å². The topological polar surface area (TPSA) is 47.6 Å². The van der Waals surface area contributed by atoms with Gasteiger partial charge < -0.3 is 0 Å². The molecule has 6 heteroatoms. The van der Waals surface area contributed by atoms with Crippen molar-refractivity contribution in [1.29, 1.82) is 10.5 Å². The van der Waals surface area contributed by atoms with Crippen LogP contribution in [0.3, 0.4) is 0 Å². The Morgan fingerprint density at radius 1 is 1.18 bits per heavy atom. The van der Waals surface area contributed by atoms with Crippen molar-refractivity contribution in [3.05, 3.63) is 0 Å². The fourth-order valence-electron chi connectivity index (χ4n) is 0.283. The van der Waals surface area contributed by atoms with Crippen molar-refractivity contribution in [3.8, 4) is 12.1 Å². The molecule has 0 spiro atoms. The molecule has 0 atom stereocenters. The van der Waals surface area contributed by atoms with Gasteiger partial charge in [0.2, 0.25) is 0 Å². The quantitative estimate of drug-likeness (QED) is 0.540. The lowest BCUT2D eigenvalue weighted by Crippen LogP contribution is -2.06. The van der Waals surface area contributed by atoms with E-state index in [-0.39, 0.29) is 0 Å². The minimum absolute atomic E-state index is 0.775. The number of halogens is 3. The van der Waals surface area contributed by atoms with Crippen molar-refractivity contribution in [3.63, 3.8) is 0 Å². The molecular formula is C5H7Cl3N2Si. The summed E-state index contributed by atoms with van der Waals surface area (Å²) in [6.45, 7) is 2.01. The lowest BCUT2D eigenvalue weighted by atomic mass is 10.6. The summed E-state index contributed by atoms with van der Waals surface area (Å²) >= 11 is 16.5. The largest absolute Gasteiger partial charge is 0.341 e. The van der Waals surface area contributed by atoms with Crippen LogP contribution in [0.15, 0.2) is 0 Å². The maximum Gasteiger partial charge on any atom is 0.341 e. The number of hydrogen-bond acceptors (Lipinski definition) is 2. The molecule has 0 radical (unpaired) electrons. The molecule has 0 bridgehead atoms. The lowest BCUT2D eigenvalue weighted by molar-refractivity contribution is 1.07. The molecule has 0 saturated carbocycles. The third-order valence-electron chi connectivity index (χ3n) is 0.583. The van der Waals surface area contributed by atoms with Gasteiger partial charge >= 0.3 is 6.00 Å². The molecule has 0 aromatic heterocycles. The maximum absolute atomic E-state index is 7.26. The molecule has 0 fully saturated rings. The van der Waals surface area contributed by atoms with Crippen LogP contribution in [0.5, 0.6) is 0 Å². The number of rotatable bonds is 2. The van der Waals surface area contributed by atoms with Crippen molar-refractivity contribution in [2.45, 2.75) is 19.4 Å². The summed E-state index contributed by atoms with van der Waals surface area (Å²) in [4.78, 5) is 0. The van der Waals surface area contributed by atoms with Crippen LogP contribution in [-0.4, -0.2) is 6.00 Å². The highest BCUT2D eigenvalue weighted by molar-refractivity contribution is 7.64. The minimum Gasteiger partial charge on any atom is -0.181 e. The van der Waals surface area contributed by atoms with E-state index in [9.17, 15) is 0 Å². The Balaban J connectivity index is 0. The van der Waals surface area contributed by atoms with E-state index in [0.29, 0.717) is 0 Å². The molecular weight excluding hydrogens is 223 g/mol. The van der Waals surface area contributed by atoms with Gasteiger partial charge in [0, 0.05) is 0 Å². The zero-order valence-electron chi connectivity index (χ0n) is 5.94. The summed E-state index contributed by atoms with van der Waals surface area (Å²) in [5, 5.41) is 14.5. The number of nitriles is 2. The van der Waals surface area contributed by atoms with Crippen molar-refractivity contribution in [2.75, 3.05) is 0 Å². The Morgan fingerprint density at radius 2 is 1.55 bits per heavy atom. The van der Waals surface area contributed by atoms with Crippen molar-refractivity contribution < 1.29 is 0 Å². The molecule has 0 amide bonds. The fraction of sp³-hybridized carbons (Fsp3) is 0.600. The van der Waals surface area contributed by atoms with Crippen LogP contribution in [-0.2, 0) is 0 Å². The summed E-state index contributed by atoms with van der Waals surface area (Å²) in [6.07, 6.45) is 0.975. The predicted molar refractivity (Wildman–Crippen MR) is 49.6 cm³/mol. The molecule has 0 aromatic carbocycles. The summed E-state index contributed by atoms with van der Waals surface area (Å²) in [7, 11) is 0. The first-order valence-corrected chi connectivity index (χ1v) is 8.07. The highest BCUT2D eigenvalue weighted by Gasteiger charge is 2.22. The fourth-order valence-corrected chi connectivity index (χ4v) is 2.55. The van der Waals surface area contributed by atoms with Gasteiger partial charge in [-0.05, 0) is 6.04 Å². The summed E-state index contributed by atoms with van der Waals surface area (Å²) in [5.74, 6) is 0. The zero-order chi connectivity index (χ0) is 9.33. The Kier molecular flexibility index (Phi) is 10.1. The van der Waals surface area contributed by atoms with Crippen LogP contribution in [0.25, 0.3) is 0 Å². The van der Waals surface area contributed by atoms with E-state index in [1.807, 2.05) is 6.92 Å². The zero-order valence-corrected chi connectivity index (χ0v) is 9.21. The molecule has 0 unspecified atom stereocenters. The van der Waals surface area contributed by atoms with E-state index >= 15 is 0 Å². The highest BCUT2D eigenvalue weighted by atomic mass is 35.8. The molecule has 0 rings (SSSR count). The molecule has 0 N–H and O–H groups in total. The summed E-state index contributed by atoms with van der Waals surface area (Å²) in [6, 6.07) is 1.01. The van der Waals surface area contributed by atoms with Crippen LogP contribution in [0, 0.1) is 22.7 Å². The van der Waals surface area contributed by atoms with Gasteiger partial charge in [-0.15, -0.1) is 33.2 Å². The SMILES string of the molecule is CCC[Si](Cl)(Cl)Cl.N#CC#N. The van der Waals surface area contributed by atoms with E-state index < -0.39 is 6.00 Å². The molecule has 2 nitrogen and oxygen atoms in total. The third-order valence-corrected chi connectivity index (χ3v) is 3.35. The lowest BCUT2D eigenvalue weighted by Gasteiger charge is -2.01. The van der Waals surface area contributed by atoms with Crippen LogP contribution in [0.2, 0.25) is 6.04 Å². The molecule has 11 heavy (non-hydrogen) atoms. The first kappa shape index (κ1) is 13.6. The second kappa shape index (κ2) is 8.17. The first-order chi connectivity index (χ1) is 4.97. The van der Waals surface area contributed by atoms with Gasteiger partial charge in [0.25, 0.3) is 0 Å². The Bertz CT molecular complexity index is 152. The van der Waals surface area contributed by atoms with Crippen molar-refractivity contribution >= 4 is 39.2 Å². The Morgan fingerprint density at radius 3 is 1.55 bits per heavy atom. The summed E-state index contributed by atoms with van der Waals surface area (Å²) < 4.78 is 0. The smallest absolute Gasteiger partial charge is 0.181 e. The molecule has 0 aliphatic carbocycles. The molecule has 0 heterocycles. The van der Waals surface area contributed by atoms with Crippen LogP contribution in [0.4, 0.5) is 0 Å². The van der Waals surface area contributed by atoms with Crippen molar-refractivity contribution in [1.82, 2.24) is 0 Å². The van der Waals surface area contributed by atoms with Gasteiger partial charge in [-0.25, -0.2) is 0 Å². The third kappa shape index (κ3) is 25.5. The average molecular weight is 230 g/mol. The monoisotopic (exact) mass is 228 g/mol. The standard InChI is InChI=1S/C3H7Cl3Si.C2N2/c1-2-3-7(4,5)6;3-1-2-4/h2-3H2,1H3;. The van der Waals surface area contributed by atoms with Gasteiger partial charge in [0.1, 0.15) is 0 Å². The van der Waals surface area contributed by atoms with Gasteiger partial charge in [0.05, 0.1) is 0 Å². The normalized spacial score (nSPS) is 8.55. The molecule has 0 saturated heterocycles. The Labute approximate surface area is 81.4 Å². The number of hydrogen-bond donors (Lipinski definition) is 0. The second-order valence-electron chi connectivity index (χ2n) is 1.59. The molecule has 0 aliphatic heterocycles. The van der Waals surface area contributed by atoms with Gasteiger partial charge in [-0.1, -0.05) is 13.3 Å². The molecule has 0 aromatic rings. The van der Waals surface area contributed by atoms with Gasteiger partial charge in [0.15, 0.2) is 12.1 Å². The van der Waals surface area contributed by atoms with Crippen LogP contribution >= 0.6 is 33.2 Å². The van der Waals surface area contributed by atoms with E-state index in [4.69, 9.17) is 43.8 Å². The Hall–Kier alpha value is 0.0669. The minimum atomic E-state index is -2.24. The highest BCUT2D eigenvalue weighted by Crippen LogP contribution is 2.25. The van der Waals surface area contributed by atoms with E-state index in [1.165, 1.54) is 12.1 Å². The number of nitrogens with zero attached hydrogens (tertiary/aromatic N) is 2. The summed E-state index contributed by atoms with van der Waals surface area (Å²) in [5.41, 5.74) is 0. The van der Waals surface area contributed by atoms with Gasteiger partial charge in [-0.3, -0.25) is 0 Å². The molecule has 62 valence electrons. The average Bonchev–Trinajstić information content (AvgIpc) is 1.86. The second-order valence-corrected chi connectivity index (χ2v) is 10.9. The van der Waals surface area contributed by atoms with Crippen molar-refractivity contribution in [2.24, 2.45) is 0 Å². The van der Waals surface area contributed by atoms with Crippen LogP contribution in [0.1, 0.15) is 13.3 Å². The van der Waals surface area contributed by atoms with E-state index in [2.05, 4.69) is 0 Å². The predicted octanol–water partition coefficient (Wildman–Crippen LogP) is 3.09. The molecule has 0 aliphatic rings. The first-order valence-electron chi connectivity index (χ1n) is 2.82. The van der Waals surface area contributed by atoms with Crippen LogP contribution < -0.4 is 0 Å². The van der Waals surface area contributed by atoms with E-state index in [0.717, 1.165) is 12.5 Å². The van der Waals surface area contributed by atoms with E-state index in [1.54, 1.807) is 0 Å². The maximum atomic E-state index is 7.26.